The Kier molecular flexibility index (Phi) is 6.25. The molecule has 0 saturated heterocycles. The predicted octanol–water partition coefficient (Wildman–Crippen LogP) is 8.89. The van der Waals surface area contributed by atoms with E-state index in [2.05, 4.69) is 6.92 Å². The van der Waals surface area contributed by atoms with Gasteiger partial charge in [0.25, 0.3) is 0 Å². The zero-order chi connectivity index (χ0) is 23.9. The summed E-state index contributed by atoms with van der Waals surface area (Å²) in [4.78, 5) is 0. The molecule has 4 rings (SSSR count). The van der Waals surface area contributed by atoms with Crippen LogP contribution in [0.15, 0.2) is 48.5 Å². The third kappa shape index (κ3) is 4.77. The van der Waals surface area contributed by atoms with E-state index < -0.39 is 35.0 Å². The molecule has 1 fully saturated rings. The van der Waals surface area contributed by atoms with Crippen molar-refractivity contribution in [1.29, 1.82) is 0 Å². The molecular formula is C26H21F7. The average molecular weight is 466 g/mol. The van der Waals surface area contributed by atoms with Crippen molar-refractivity contribution in [3.8, 4) is 22.3 Å². The van der Waals surface area contributed by atoms with Crippen LogP contribution in [-0.4, -0.2) is 0 Å². The number of halogens is 7. The van der Waals surface area contributed by atoms with Crippen LogP contribution >= 0.6 is 0 Å². The number of rotatable bonds is 3. The first-order valence-electron chi connectivity index (χ1n) is 10.7. The molecule has 0 aromatic heterocycles. The molecule has 174 valence electrons. The predicted molar refractivity (Wildman–Crippen MR) is 113 cm³/mol. The molecule has 1 saturated carbocycles. The molecule has 0 bridgehead atoms. The fourth-order valence-electron chi connectivity index (χ4n) is 4.53. The highest BCUT2D eigenvalue weighted by molar-refractivity contribution is 5.72. The molecule has 7 heteroatoms. The molecule has 3 aromatic carbocycles. The molecule has 0 N–H and O–H groups in total. The first-order valence-corrected chi connectivity index (χ1v) is 10.7. The maximum atomic E-state index is 14.9. The van der Waals surface area contributed by atoms with Crippen LogP contribution in [0.2, 0.25) is 0 Å². The summed E-state index contributed by atoms with van der Waals surface area (Å²) >= 11 is 0. The van der Waals surface area contributed by atoms with E-state index in [-0.39, 0.29) is 28.2 Å². The van der Waals surface area contributed by atoms with Gasteiger partial charge in [0.15, 0.2) is 0 Å². The van der Waals surface area contributed by atoms with Gasteiger partial charge in [0.2, 0.25) is 0 Å². The normalized spacial score (nSPS) is 19.0. The van der Waals surface area contributed by atoms with Gasteiger partial charge in [0, 0.05) is 11.1 Å². The van der Waals surface area contributed by atoms with Crippen LogP contribution in [0.1, 0.15) is 49.7 Å². The van der Waals surface area contributed by atoms with Crippen LogP contribution in [0.4, 0.5) is 30.7 Å². The Balaban J connectivity index is 1.63. The maximum absolute atomic E-state index is 14.9. The van der Waals surface area contributed by atoms with Crippen LogP contribution in [0, 0.1) is 29.2 Å². The van der Waals surface area contributed by atoms with Crippen molar-refractivity contribution in [2.45, 2.75) is 44.7 Å². The summed E-state index contributed by atoms with van der Waals surface area (Å²) in [5, 5.41) is 0. The summed E-state index contributed by atoms with van der Waals surface area (Å²) in [7, 11) is 0. The number of hydrogen-bond acceptors (Lipinski definition) is 0. The van der Waals surface area contributed by atoms with Crippen molar-refractivity contribution in [2.24, 2.45) is 5.92 Å². The van der Waals surface area contributed by atoms with Crippen molar-refractivity contribution in [3.63, 3.8) is 0 Å². The molecule has 1 aliphatic carbocycles. The fraction of sp³-hybridized carbons (Fsp3) is 0.308. The third-order valence-corrected chi connectivity index (χ3v) is 6.40. The summed E-state index contributed by atoms with van der Waals surface area (Å²) < 4.78 is 95.8. The van der Waals surface area contributed by atoms with E-state index in [0.29, 0.717) is 18.1 Å². The molecule has 3 aromatic rings. The first kappa shape index (κ1) is 23.3. The van der Waals surface area contributed by atoms with Gasteiger partial charge in [-0.2, -0.15) is 13.2 Å². The van der Waals surface area contributed by atoms with E-state index in [1.807, 2.05) is 6.07 Å². The molecule has 0 amide bonds. The molecule has 0 nitrogen and oxygen atoms in total. The highest BCUT2D eigenvalue weighted by Gasteiger charge is 2.38. The van der Waals surface area contributed by atoms with Crippen molar-refractivity contribution in [3.05, 3.63) is 82.9 Å². The van der Waals surface area contributed by atoms with Gasteiger partial charge in [0.05, 0.1) is 0 Å². The average Bonchev–Trinajstić information content (AvgIpc) is 2.72. The number of hydrogen-bond donors (Lipinski definition) is 0. The summed E-state index contributed by atoms with van der Waals surface area (Å²) in [5.74, 6) is -4.16. The number of alkyl halides is 3. The van der Waals surface area contributed by atoms with Gasteiger partial charge in [-0.3, -0.25) is 0 Å². The first-order chi connectivity index (χ1) is 15.5. The molecule has 1 aliphatic rings. The fourth-order valence-corrected chi connectivity index (χ4v) is 4.53. The van der Waals surface area contributed by atoms with Gasteiger partial charge in [0.1, 0.15) is 28.8 Å². The highest BCUT2D eigenvalue weighted by atomic mass is 19.4. The van der Waals surface area contributed by atoms with Crippen LogP contribution in [0.3, 0.4) is 0 Å². The molecule has 0 unspecified atom stereocenters. The number of benzene rings is 3. The largest absolute Gasteiger partial charge is 0.422 e. The lowest BCUT2D eigenvalue weighted by Gasteiger charge is -2.26. The van der Waals surface area contributed by atoms with Gasteiger partial charge in [-0.05, 0) is 65.6 Å². The van der Waals surface area contributed by atoms with E-state index in [1.54, 1.807) is 6.07 Å². The minimum absolute atomic E-state index is 0.165. The van der Waals surface area contributed by atoms with Gasteiger partial charge < -0.3 is 0 Å². The van der Waals surface area contributed by atoms with E-state index in [4.69, 9.17) is 0 Å². The molecule has 33 heavy (non-hydrogen) atoms. The highest BCUT2D eigenvalue weighted by Crippen LogP contribution is 2.39. The lowest BCUT2D eigenvalue weighted by molar-refractivity contribution is -0.142. The minimum Gasteiger partial charge on any atom is -0.206 e. The summed E-state index contributed by atoms with van der Waals surface area (Å²) in [5.41, 5.74) is -1.43. The molecule has 0 aliphatic heterocycles. The van der Waals surface area contributed by atoms with Gasteiger partial charge in [-0.25, -0.2) is 17.6 Å². The monoisotopic (exact) mass is 466 g/mol. The lowest BCUT2D eigenvalue weighted by Crippen LogP contribution is -2.11. The Labute approximate surface area is 187 Å². The van der Waals surface area contributed by atoms with Crippen molar-refractivity contribution >= 4 is 0 Å². The second-order valence-electron chi connectivity index (χ2n) is 8.70. The Morgan fingerprint density at radius 1 is 0.636 bits per heavy atom. The molecular weight excluding hydrogens is 445 g/mol. The van der Waals surface area contributed by atoms with Gasteiger partial charge in [-0.15, -0.1) is 0 Å². The lowest BCUT2D eigenvalue weighted by atomic mass is 9.79. The summed E-state index contributed by atoms with van der Waals surface area (Å²) in [6.45, 7) is 2.20. The molecule has 0 spiro atoms. The standard InChI is InChI=1S/C26H21F7/c1-14-2-4-15(5-3-14)16-6-8-19(21(27)10-16)17-7-9-20(22(28)11-17)18-12-23(29)25(24(30)13-18)26(31,32)33/h6-15H,2-5H2,1H3. The van der Waals surface area contributed by atoms with Crippen LogP contribution in [0.5, 0.6) is 0 Å². The Hall–Kier alpha value is -2.83. The molecule has 0 heterocycles. The zero-order valence-corrected chi connectivity index (χ0v) is 17.7. The quantitative estimate of drug-likeness (QED) is 0.338. The Bertz CT molecular complexity index is 1150. The van der Waals surface area contributed by atoms with Crippen LogP contribution in [-0.2, 0) is 6.18 Å². The van der Waals surface area contributed by atoms with Gasteiger partial charge in [-0.1, -0.05) is 44.0 Å². The summed E-state index contributed by atoms with van der Waals surface area (Å²) in [6.07, 6.45) is -1.06. The van der Waals surface area contributed by atoms with E-state index in [9.17, 15) is 30.7 Å². The van der Waals surface area contributed by atoms with Gasteiger partial charge >= 0.3 is 6.18 Å². The van der Waals surface area contributed by atoms with Crippen LogP contribution in [0.25, 0.3) is 22.3 Å². The van der Waals surface area contributed by atoms with E-state index >= 15 is 0 Å². The van der Waals surface area contributed by atoms with E-state index in [0.717, 1.165) is 37.3 Å². The topological polar surface area (TPSA) is 0 Å². The van der Waals surface area contributed by atoms with Crippen molar-refractivity contribution in [1.82, 2.24) is 0 Å². The maximum Gasteiger partial charge on any atom is 0.422 e. The van der Waals surface area contributed by atoms with E-state index in [1.165, 1.54) is 18.2 Å². The minimum atomic E-state index is -5.21. The van der Waals surface area contributed by atoms with Crippen molar-refractivity contribution in [2.75, 3.05) is 0 Å². The third-order valence-electron chi connectivity index (χ3n) is 6.40. The van der Waals surface area contributed by atoms with Crippen LogP contribution < -0.4 is 0 Å². The Morgan fingerprint density at radius 2 is 1.15 bits per heavy atom. The smallest absolute Gasteiger partial charge is 0.206 e. The Morgan fingerprint density at radius 3 is 1.70 bits per heavy atom. The second-order valence-corrected chi connectivity index (χ2v) is 8.70. The summed E-state index contributed by atoms with van der Waals surface area (Å²) in [6, 6.07) is 9.27. The SMILES string of the molecule is CC1CCC(c2ccc(-c3ccc(-c4cc(F)c(C(F)(F)F)c(F)c4)c(F)c3)c(F)c2)CC1. The molecule has 0 radical (unpaired) electrons. The second kappa shape index (κ2) is 8.84. The molecule has 0 atom stereocenters. The zero-order valence-electron chi connectivity index (χ0n) is 17.7. The van der Waals surface area contributed by atoms with Crippen molar-refractivity contribution < 1.29 is 30.7 Å².